The molecule has 134 valence electrons. The van der Waals surface area contributed by atoms with Crippen molar-refractivity contribution in [1.82, 2.24) is 15.5 Å². The average molecular weight is 329 g/mol. The van der Waals surface area contributed by atoms with Crippen LogP contribution in [0, 0.1) is 0 Å². The molecular formula is C16H31N3O4. The molecule has 1 aliphatic rings. The molecule has 2 N–H and O–H groups in total. The standard InChI is InChI=1S/C16H31N3O4/c1-6-13-14(20)17-8-9-19(13)11-12(7-10-22-5)18-15(21)23-16(2,3)4/h12-13H,6-11H2,1-5H3,(H,17,20)(H,18,21). The summed E-state index contributed by atoms with van der Waals surface area (Å²) >= 11 is 0. The third kappa shape index (κ3) is 7.18. The number of hydrogen-bond donors (Lipinski definition) is 2. The van der Waals surface area contributed by atoms with Crippen LogP contribution in [-0.2, 0) is 14.3 Å². The number of piperazine rings is 1. The van der Waals surface area contributed by atoms with E-state index >= 15 is 0 Å². The molecule has 0 bridgehead atoms. The van der Waals surface area contributed by atoms with Gasteiger partial charge in [0.05, 0.1) is 6.04 Å². The molecule has 0 radical (unpaired) electrons. The van der Waals surface area contributed by atoms with Crippen molar-refractivity contribution in [2.45, 2.75) is 58.2 Å². The van der Waals surface area contributed by atoms with Gasteiger partial charge in [-0.3, -0.25) is 9.69 Å². The minimum absolute atomic E-state index is 0.0570. The molecule has 7 nitrogen and oxygen atoms in total. The summed E-state index contributed by atoms with van der Waals surface area (Å²) in [7, 11) is 1.63. The van der Waals surface area contributed by atoms with Crippen molar-refractivity contribution in [3.63, 3.8) is 0 Å². The normalized spacial score (nSPS) is 20.7. The zero-order valence-electron chi connectivity index (χ0n) is 15.0. The van der Waals surface area contributed by atoms with Gasteiger partial charge in [0.1, 0.15) is 5.60 Å². The summed E-state index contributed by atoms with van der Waals surface area (Å²) in [5.74, 6) is 0.0570. The van der Waals surface area contributed by atoms with Crippen LogP contribution in [0.1, 0.15) is 40.5 Å². The summed E-state index contributed by atoms with van der Waals surface area (Å²) < 4.78 is 10.5. The molecule has 0 aromatic rings. The Balaban J connectivity index is 2.65. The van der Waals surface area contributed by atoms with E-state index in [0.717, 1.165) is 13.0 Å². The Morgan fingerprint density at radius 3 is 2.74 bits per heavy atom. The fraction of sp³-hybridized carbons (Fsp3) is 0.875. The van der Waals surface area contributed by atoms with Gasteiger partial charge in [0.15, 0.2) is 0 Å². The maximum Gasteiger partial charge on any atom is 0.407 e. The van der Waals surface area contributed by atoms with Crippen molar-refractivity contribution in [3.05, 3.63) is 0 Å². The molecule has 1 rings (SSSR count). The van der Waals surface area contributed by atoms with Gasteiger partial charge in [-0.15, -0.1) is 0 Å². The molecule has 0 aromatic carbocycles. The van der Waals surface area contributed by atoms with Crippen molar-refractivity contribution >= 4 is 12.0 Å². The van der Waals surface area contributed by atoms with Crippen LogP contribution in [0.3, 0.4) is 0 Å². The number of methoxy groups -OCH3 is 1. The van der Waals surface area contributed by atoms with Crippen LogP contribution in [0.5, 0.6) is 0 Å². The van der Waals surface area contributed by atoms with E-state index in [1.54, 1.807) is 7.11 Å². The second-order valence-corrected chi connectivity index (χ2v) is 6.83. The number of nitrogens with one attached hydrogen (secondary N) is 2. The minimum Gasteiger partial charge on any atom is -0.444 e. The van der Waals surface area contributed by atoms with Crippen molar-refractivity contribution in [3.8, 4) is 0 Å². The Hall–Kier alpha value is -1.34. The van der Waals surface area contributed by atoms with E-state index in [2.05, 4.69) is 15.5 Å². The largest absolute Gasteiger partial charge is 0.444 e. The lowest BCUT2D eigenvalue weighted by molar-refractivity contribution is -0.129. The molecule has 7 heteroatoms. The lowest BCUT2D eigenvalue weighted by Gasteiger charge is -2.37. The second-order valence-electron chi connectivity index (χ2n) is 6.83. The zero-order valence-corrected chi connectivity index (χ0v) is 15.0. The first-order chi connectivity index (χ1) is 10.8. The van der Waals surface area contributed by atoms with E-state index < -0.39 is 11.7 Å². The van der Waals surface area contributed by atoms with Gasteiger partial charge >= 0.3 is 6.09 Å². The monoisotopic (exact) mass is 329 g/mol. The van der Waals surface area contributed by atoms with E-state index in [4.69, 9.17) is 9.47 Å². The lowest BCUT2D eigenvalue weighted by atomic mass is 10.1. The van der Waals surface area contributed by atoms with Gasteiger partial charge in [0.2, 0.25) is 5.91 Å². The number of nitrogens with zero attached hydrogens (tertiary/aromatic N) is 1. The van der Waals surface area contributed by atoms with Gasteiger partial charge in [-0.05, 0) is 33.6 Å². The quantitative estimate of drug-likeness (QED) is 0.732. The van der Waals surface area contributed by atoms with E-state index in [1.165, 1.54) is 0 Å². The molecule has 2 atom stereocenters. The maximum absolute atomic E-state index is 12.0. The van der Waals surface area contributed by atoms with Gasteiger partial charge in [0.25, 0.3) is 0 Å². The highest BCUT2D eigenvalue weighted by atomic mass is 16.6. The molecule has 1 aliphatic heterocycles. The first-order valence-corrected chi connectivity index (χ1v) is 8.27. The first kappa shape index (κ1) is 19.7. The van der Waals surface area contributed by atoms with Crippen molar-refractivity contribution in [1.29, 1.82) is 0 Å². The van der Waals surface area contributed by atoms with E-state index in [-0.39, 0.29) is 18.0 Å². The average Bonchev–Trinajstić information content (AvgIpc) is 2.43. The van der Waals surface area contributed by atoms with Crippen LogP contribution in [0.2, 0.25) is 0 Å². The van der Waals surface area contributed by atoms with Crippen LogP contribution in [0.25, 0.3) is 0 Å². The summed E-state index contributed by atoms with van der Waals surface area (Å²) in [6, 6.07) is -0.265. The van der Waals surface area contributed by atoms with Crippen molar-refractivity contribution < 1.29 is 19.1 Å². The number of alkyl carbamates (subject to hydrolysis) is 1. The van der Waals surface area contributed by atoms with Gasteiger partial charge in [-0.1, -0.05) is 6.92 Å². The summed E-state index contributed by atoms with van der Waals surface area (Å²) in [6.07, 6.45) is 0.979. The Morgan fingerprint density at radius 2 is 2.17 bits per heavy atom. The molecular weight excluding hydrogens is 298 g/mol. The Morgan fingerprint density at radius 1 is 1.48 bits per heavy atom. The molecule has 2 unspecified atom stereocenters. The summed E-state index contributed by atoms with van der Waals surface area (Å²) in [5.41, 5.74) is -0.535. The van der Waals surface area contributed by atoms with E-state index in [1.807, 2.05) is 27.7 Å². The fourth-order valence-electron chi connectivity index (χ4n) is 2.65. The minimum atomic E-state index is -0.535. The van der Waals surface area contributed by atoms with Crippen molar-refractivity contribution in [2.24, 2.45) is 0 Å². The summed E-state index contributed by atoms with van der Waals surface area (Å²) in [6.45, 7) is 10.1. The van der Waals surface area contributed by atoms with Gasteiger partial charge in [-0.25, -0.2) is 4.79 Å². The van der Waals surface area contributed by atoms with Gasteiger partial charge < -0.3 is 20.1 Å². The number of amides is 2. The molecule has 0 saturated carbocycles. The molecule has 23 heavy (non-hydrogen) atoms. The Labute approximate surface area is 139 Å². The molecule has 0 aliphatic carbocycles. The molecule has 2 amide bonds. The Kier molecular flexibility index (Phi) is 7.78. The predicted octanol–water partition coefficient (Wildman–Crippen LogP) is 1.13. The highest BCUT2D eigenvalue weighted by molar-refractivity contribution is 5.82. The van der Waals surface area contributed by atoms with Crippen LogP contribution in [0.4, 0.5) is 4.79 Å². The molecule has 0 aromatic heterocycles. The predicted molar refractivity (Wildman–Crippen MR) is 88.3 cm³/mol. The number of carbonyl (C=O) groups excluding carboxylic acids is 2. The number of hydrogen-bond acceptors (Lipinski definition) is 5. The van der Waals surface area contributed by atoms with E-state index in [0.29, 0.717) is 26.1 Å². The topological polar surface area (TPSA) is 79.9 Å². The van der Waals surface area contributed by atoms with Crippen LogP contribution in [-0.4, -0.2) is 67.9 Å². The van der Waals surface area contributed by atoms with Crippen molar-refractivity contribution in [2.75, 3.05) is 33.4 Å². The second kappa shape index (κ2) is 9.08. The highest BCUT2D eigenvalue weighted by Gasteiger charge is 2.30. The smallest absolute Gasteiger partial charge is 0.407 e. The third-order valence-electron chi connectivity index (χ3n) is 3.67. The zero-order chi connectivity index (χ0) is 17.5. The molecule has 1 fully saturated rings. The number of ether oxygens (including phenoxy) is 2. The SMILES string of the molecule is CCC1C(=O)NCCN1CC(CCOC)NC(=O)OC(C)(C)C. The maximum atomic E-state index is 12.0. The Bertz CT molecular complexity index is 395. The van der Waals surface area contributed by atoms with Gasteiger partial charge in [0, 0.05) is 39.4 Å². The van der Waals surface area contributed by atoms with Gasteiger partial charge in [-0.2, -0.15) is 0 Å². The van der Waals surface area contributed by atoms with E-state index in [9.17, 15) is 9.59 Å². The third-order valence-corrected chi connectivity index (χ3v) is 3.67. The van der Waals surface area contributed by atoms with Crippen LogP contribution in [0.15, 0.2) is 0 Å². The van der Waals surface area contributed by atoms with Crippen LogP contribution < -0.4 is 10.6 Å². The molecule has 1 heterocycles. The first-order valence-electron chi connectivity index (χ1n) is 8.27. The summed E-state index contributed by atoms with van der Waals surface area (Å²) in [5, 5.41) is 5.78. The number of carbonyl (C=O) groups is 2. The fourth-order valence-corrected chi connectivity index (χ4v) is 2.65. The molecule has 1 saturated heterocycles. The molecule has 0 spiro atoms. The summed E-state index contributed by atoms with van der Waals surface area (Å²) in [4.78, 5) is 26.1. The highest BCUT2D eigenvalue weighted by Crippen LogP contribution is 2.12. The van der Waals surface area contributed by atoms with Crippen LogP contribution >= 0.6 is 0 Å². The number of rotatable bonds is 7. The lowest BCUT2D eigenvalue weighted by Crippen LogP contribution is -2.58.